The molecule has 2 bridgehead atoms. The molecule has 1 heterocycles. The lowest BCUT2D eigenvalue weighted by Crippen LogP contribution is -2.39. The van der Waals surface area contributed by atoms with Gasteiger partial charge in [0.25, 0.3) is 0 Å². The van der Waals surface area contributed by atoms with Gasteiger partial charge in [0.05, 0.1) is 5.02 Å². The topological polar surface area (TPSA) is 32.7 Å². The summed E-state index contributed by atoms with van der Waals surface area (Å²) in [6, 6.07) is 4.56. The molecule has 3 rings (SSSR count). The van der Waals surface area contributed by atoms with Crippen molar-refractivity contribution in [2.24, 2.45) is 10.8 Å². The summed E-state index contributed by atoms with van der Waals surface area (Å²) in [5.41, 5.74) is 0.725. The molecule has 1 saturated heterocycles. The lowest BCUT2D eigenvalue weighted by molar-refractivity contribution is 0.0585. The maximum atomic E-state index is 13.0. The first-order chi connectivity index (χ1) is 11.2. The summed E-state index contributed by atoms with van der Waals surface area (Å²) in [4.78, 5) is 2.41. The van der Waals surface area contributed by atoms with Gasteiger partial charge in [0.15, 0.2) is 0 Å². The van der Waals surface area contributed by atoms with Gasteiger partial charge in [0.1, 0.15) is 24.3 Å². The van der Waals surface area contributed by atoms with E-state index in [0.29, 0.717) is 29.2 Å². The number of likely N-dealkylation sites (tertiary alicyclic amines) is 1. The molecule has 3 nitrogen and oxygen atoms in total. The van der Waals surface area contributed by atoms with E-state index in [2.05, 4.69) is 25.7 Å². The highest BCUT2D eigenvalue weighted by Crippen LogP contribution is 2.52. The highest BCUT2D eigenvalue weighted by molar-refractivity contribution is 6.32. The maximum Gasteiger partial charge on any atom is 0.138 e. The standard InChI is InChI=1S/C19H27ClFNO2/c1-18(2)7-14-8-19(3,11-18)12-22(14)9-15(23)10-24-17-5-4-13(21)6-16(17)20/h4-6,14-15,23H,7-12H2,1-3H3/t14-,15+,19+/m0/s1. The van der Waals surface area contributed by atoms with Crippen LogP contribution in [-0.2, 0) is 0 Å². The average molecular weight is 356 g/mol. The Bertz CT molecular complexity index is 609. The van der Waals surface area contributed by atoms with Gasteiger partial charge < -0.3 is 9.84 Å². The zero-order chi connectivity index (χ0) is 17.5. The van der Waals surface area contributed by atoms with E-state index in [1.807, 2.05) is 0 Å². The molecule has 1 N–H and O–H groups in total. The van der Waals surface area contributed by atoms with Crippen LogP contribution in [0.3, 0.4) is 0 Å². The zero-order valence-corrected chi connectivity index (χ0v) is 15.4. The molecule has 1 aliphatic carbocycles. The van der Waals surface area contributed by atoms with Gasteiger partial charge in [-0.3, -0.25) is 4.90 Å². The highest BCUT2D eigenvalue weighted by atomic mass is 35.5. The van der Waals surface area contributed by atoms with Crippen LogP contribution in [0.5, 0.6) is 5.75 Å². The van der Waals surface area contributed by atoms with Gasteiger partial charge in [0.2, 0.25) is 0 Å². The van der Waals surface area contributed by atoms with E-state index in [-0.39, 0.29) is 11.6 Å². The first kappa shape index (κ1) is 18.0. The van der Waals surface area contributed by atoms with Crippen LogP contribution in [0.15, 0.2) is 18.2 Å². The smallest absolute Gasteiger partial charge is 0.138 e. The van der Waals surface area contributed by atoms with Crippen LogP contribution < -0.4 is 4.74 Å². The fourth-order valence-electron chi connectivity index (χ4n) is 4.89. The number of hydrogen-bond donors (Lipinski definition) is 1. The number of ether oxygens (including phenoxy) is 1. The summed E-state index contributed by atoms with van der Waals surface area (Å²) in [6.07, 6.45) is 3.05. The number of aliphatic hydroxyl groups excluding tert-OH is 1. The lowest BCUT2D eigenvalue weighted by Gasteiger charge is -2.40. The second-order valence-electron chi connectivity index (χ2n) is 8.68. The molecule has 24 heavy (non-hydrogen) atoms. The predicted molar refractivity (Wildman–Crippen MR) is 94.0 cm³/mol. The van der Waals surface area contributed by atoms with Crippen LogP contribution in [0, 0.1) is 16.6 Å². The van der Waals surface area contributed by atoms with E-state index in [4.69, 9.17) is 16.3 Å². The molecule has 1 saturated carbocycles. The van der Waals surface area contributed by atoms with Crippen molar-refractivity contribution in [3.8, 4) is 5.75 Å². The average Bonchev–Trinajstić information content (AvgIpc) is 2.66. The lowest BCUT2D eigenvalue weighted by atomic mass is 9.65. The predicted octanol–water partition coefficient (Wildman–Crippen LogP) is 4.12. The molecule has 1 aliphatic heterocycles. The quantitative estimate of drug-likeness (QED) is 0.862. The van der Waals surface area contributed by atoms with Crippen molar-refractivity contribution in [1.29, 1.82) is 0 Å². The van der Waals surface area contributed by atoms with Gasteiger partial charge in [-0.05, 0) is 48.3 Å². The van der Waals surface area contributed by atoms with Crippen LogP contribution in [0.2, 0.25) is 5.02 Å². The van der Waals surface area contributed by atoms with Gasteiger partial charge >= 0.3 is 0 Å². The molecule has 134 valence electrons. The Labute approximate surface area is 148 Å². The third kappa shape index (κ3) is 4.04. The summed E-state index contributed by atoms with van der Waals surface area (Å²) in [6.45, 7) is 8.86. The number of β-amino-alcohol motifs (C(OH)–C–C–N with tert-alkyl or cyclic N) is 1. The third-order valence-corrected chi connectivity index (χ3v) is 5.59. The number of halogens is 2. The monoisotopic (exact) mass is 355 g/mol. The Morgan fingerprint density at radius 2 is 2.12 bits per heavy atom. The van der Waals surface area contributed by atoms with Crippen molar-refractivity contribution in [3.05, 3.63) is 29.0 Å². The second-order valence-corrected chi connectivity index (χ2v) is 9.09. The van der Waals surface area contributed by atoms with Crippen LogP contribution >= 0.6 is 11.6 Å². The molecule has 5 heteroatoms. The van der Waals surface area contributed by atoms with Gasteiger partial charge in [-0.25, -0.2) is 4.39 Å². The molecule has 0 spiro atoms. The van der Waals surface area contributed by atoms with E-state index in [1.165, 1.54) is 37.5 Å². The van der Waals surface area contributed by atoms with Gasteiger partial charge in [0, 0.05) is 19.1 Å². The highest BCUT2D eigenvalue weighted by Gasteiger charge is 2.49. The minimum Gasteiger partial charge on any atom is -0.489 e. The molecule has 0 amide bonds. The number of aliphatic hydroxyl groups is 1. The van der Waals surface area contributed by atoms with Crippen molar-refractivity contribution in [2.45, 2.75) is 52.2 Å². The van der Waals surface area contributed by atoms with Crippen LogP contribution in [0.1, 0.15) is 40.0 Å². The van der Waals surface area contributed by atoms with E-state index in [9.17, 15) is 9.50 Å². The molecule has 0 aromatic heterocycles. The van der Waals surface area contributed by atoms with Crippen LogP contribution in [-0.4, -0.2) is 41.8 Å². The second kappa shape index (κ2) is 6.47. The molecule has 2 aliphatic rings. The van der Waals surface area contributed by atoms with Crippen molar-refractivity contribution >= 4 is 11.6 Å². The summed E-state index contributed by atoms with van der Waals surface area (Å²) < 4.78 is 18.6. The fraction of sp³-hybridized carbons (Fsp3) is 0.684. The molecular formula is C19H27ClFNO2. The maximum absolute atomic E-state index is 13.0. The molecule has 3 atom stereocenters. The van der Waals surface area contributed by atoms with E-state index in [0.717, 1.165) is 6.54 Å². The fourth-order valence-corrected chi connectivity index (χ4v) is 5.11. The Hall–Kier alpha value is -0.840. The number of benzene rings is 1. The Kier molecular flexibility index (Phi) is 4.84. The Morgan fingerprint density at radius 1 is 1.38 bits per heavy atom. The Balaban J connectivity index is 1.55. The minimum atomic E-state index is -0.586. The summed E-state index contributed by atoms with van der Waals surface area (Å²) >= 11 is 5.95. The van der Waals surface area contributed by atoms with Gasteiger partial charge in [-0.1, -0.05) is 32.4 Å². The Morgan fingerprint density at radius 3 is 2.83 bits per heavy atom. The van der Waals surface area contributed by atoms with E-state index in [1.54, 1.807) is 0 Å². The molecule has 0 unspecified atom stereocenters. The summed E-state index contributed by atoms with van der Waals surface area (Å²) in [5.74, 6) is 0.0125. The molecular weight excluding hydrogens is 329 g/mol. The molecule has 1 aromatic carbocycles. The van der Waals surface area contributed by atoms with Crippen molar-refractivity contribution in [1.82, 2.24) is 4.90 Å². The number of rotatable bonds is 5. The van der Waals surface area contributed by atoms with Crippen molar-refractivity contribution < 1.29 is 14.2 Å². The van der Waals surface area contributed by atoms with Crippen LogP contribution in [0.4, 0.5) is 4.39 Å². The van der Waals surface area contributed by atoms with Gasteiger partial charge in [-0.2, -0.15) is 0 Å². The van der Waals surface area contributed by atoms with Crippen molar-refractivity contribution in [2.75, 3.05) is 19.7 Å². The third-order valence-electron chi connectivity index (χ3n) is 5.29. The van der Waals surface area contributed by atoms with E-state index >= 15 is 0 Å². The normalized spacial score (nSPS) is 30.3. The molecule has 1 aromatic rings. The number of fused-ring (bicyclic) bond motifs is 2. The first-order valence-electron chi connectivity index (χ1n) is 8.66. The molecule has 0 radical (unpaired) electrons. The van der Waals surface area contributed by atoms with E-state index < -0.39 is 11.9 Å². The van der Waals surface area contributed by atoms with Crippen molar-refractivity contribution in [3.63, 3.8) is 0 Å². The summed E-state index contributed by atoms with van der Waals surface area (Å²) in [7, 11) is 0. The zero-order valence-electron chi connectivity index (χ0n) is 14.7. The molecule has 2 fully saturated rings. The first-order valence-corrected chi connectivity index (χ1v) is 9.04. The largest absolute Gasteiger partial charge is 0.489 e. The summed E-state index contributed by atoms with van der Waals surface area (Å²) in [5, 5.41) is 10.6. The van der Waals surface area contributed by atoms with Crippen LogP contribution in [0.25, 0.3) is 0 Å². The number of hydrogen-bond acceptors (Lipinski definition) is 3. The SMILES string of the molecule is CC1(C)C[C@H]2C[C@@](C)(CN2C[C@@H](O)COc2ccc(F)cc2Cl)C1. The number of nitrogens with zero attached hydrogens (tertiary/aromatic N) is 1. The minimum absolute atomic E-state index is 0.161. The van der Waals surface area contributed by atoms with Gasteiger partial charge in [-0.15, -0.1) is 0 Å².